The van der Waals surface area contributed by atoms with Crippen molar-refractivity contribution in [3.05, 3.63) is 16.1 Å². The van der Waals surface area contributed by atoms with Gasteiger partial charge in [0.15, 0.2) is 0 Å². The van der Waals surface area contributed by atoms with Crippen molar-refractivity contribution in [3.8, 4) is 0 Å². The highest BCUT2D eigenvalue weighted by Crippen LogP contribution is 2.24. The van der Waals surface area contributed by atoms with Crippen molar-refractivity contribution < 1.29 is 4.74 Å². The van der Waals surface area contributed by atoms with Crippen molar-refractivity contribution in [1.82, 2.24) is 10.3 Å². The second-order valence-electron chi connectivity index (χ2n) is 6.02. The fraction of sp³-hybridized carbons (Fsp3) is 0.800. The Labute approximate surface area is 121 Å². The summed E-state index contributed by atoms with van der Waals surface area (Å²) in [5, 5.41) is 6.96. The number of hydrogen-bond acceptors (Lipinski definition) is 4. The number of nitrogens with zero attached hydrogens (tertiary/aromatic N) is 1. The van der Waals surface area contributed by atoms with E-state index < -0.39 is 0 Å². The number of ether oxygens (including phenoxy) is 1. The molecule has 0 aliphatic rings. The average Bonchev–Trinajstić information content (AvgIpc) is 2.81. The van der Waals surface area contributed by atoms with Gasteiger partial charge in [0.2, 0.25) is 0 Å². The van der Waals surface area contributed by atoms with Crippen LogP contribution in [0.3, 0.4) is 0 Å². The number of rotatable bonds is 8. The van der Waals surface area contributed by atoms with Gasteiger partial charge in [-0.15, -0.1) is 11.3 Å². The number of nitrogens with one attached hydrogen (secondary N) is 1. The summed E-state index contributed by atoms with van der Waals surface area (Å²) in [6, 6.07) is 0.437. The molecule has 0 aliphatic carbocycles. The number of methoxy groups -OCH3 is 1. The molecule has 0 amide bonds. The molecule has 3 nitrogen and oxygen atoms in total. The monoisotopic (exact) mass is 284 g/mol. The minimum Gasteiger partial charge on any atom is -0.383 e. The third-order valence-electron chi connectivity index (χ3n) is 3.08. The van der Waals surface area contributed by atoms with Gasteiger partial charge < -0.3 is 10.1 Å². The molecule has 1 rings (SSSR count). The van der Waals surface area contributed by atoms with Gasteiger partial charge in [-0.05, 0) is 19.4 Å². The number of hydrogen-bond donors (Lipinski definition) is 1. The van der Waals surface area contributed by atoms with E-state index in [0.29, 0.717) is 6.04 Å². The lowest BCUT2D eigenvalue weighted by atomic mass is 9.93. The molecule has 0 fully saturated rings. The van der Waals surface area contributed by atoms with Gasteiger partial charge in [-0.3, -0.25) is 0 Å². The standard InChI is InChI=1S/C15H28N2OS/c1-6-9-16-12(10-18-5)7-8-14-17-13(11-19-14)15(2,3)4/h11-12,16H,6-10H2,1-5H3. The van der Waals surface area contributed by atoms with Crippen LogP contribution >= 0.6 is 11.3 Å². The molecule has 1 unspecified atom stereocenters. The summed E-state index contributed by atoms with van der Waals surface area (Å²) < 4.78 is 5.27. The maximum Gasteiger partial charge on any atom is 0.0929 e. The van der Waals surface area contributed by atoms with Crippen molar-refractivity contribution in [2.45, 2.75) is 58.4 Å². The Hall–Kier alpha value is -0.450. The Morgan fingerprint density at radius 3 is 2.68 bits per heavy atom. The van der Waals surface area contributed by atoms with Crippen LogP contribution in [0.5, 0.6) is 0 Å². The van der Waals surface area contributed by atoms with Crippen LogP contribution in [0.25, 0.3) is 0 Å². The van der Waals surface area contributed by atoms with Crippen LogP contribution in [0.2, 0.25) is 0 Å². The molecule has 0 aromatic carbocycles. The Balaban J connectivity index is 2.47. The van der Waals surface area contributed by atoms with E-state index in [9.17, 15) is 0 Å². The smallest absolute Gasteiger partial charge is 0.0929 e. The van der Waals surface area contributed by atoms with Crippen LogP contribution in [0.1, 0.15) is 51.2 Å². The van der Waals surface area contributed by atoms with E-state index in [0.717, 1.165) is 32.4 Å². The molecule has 1 atom stereocenters. The quantitative estimate of drug-likeness (QED) is 0.794. The van der Waals surface area contributed by atoms with Crippen molar-refractivity contribution in [3.63, 3.8) is 0 Å². The molecule has 19 heavy (non-hydrogen) atoms. The second-order valence-corrected chi connectivity index (χ2v) is 6.96. The predicted octanol–water partition coefficient (Wildman–Crippen LogP) is 3.39. The van der Waals surface area contributed by atoms with Crippen molar-refractivity contribution >= 4 is 11.3 Å². The minimum absolute atomic E-state index is 0.154. The van der Waals surface area contributed by atoms with Gasteiger partial charge in [0.05, 0.1) is 17.3 Å². The van der Waals surface area contributed by atoms with Crippen LogP contribution in [0.15, 0.2) is 5.38 Å². The Bertz CT molecular complexity index is 357. The van der Waals surface area contributed by atoms with Crippen molar-refractivity contribution in [1.29, 1.82) is 0 Å². The van der Waals surface area contributed by atoms with Gasteiger partial charge in [0.25, 0.3) is 0 Å². The van der Waals surface area contributed by atoms with Crippen LogP contribution in [0, 0.1) is 0 Å². The van der Waals surface area contributed by atoms with Crippen molar-refractivity contribution in [2.75, 3.05) is 20.3 Å². The van der Waals surface area contributed by atoms with Crippen molar-refractivity contribution in [2.24, 2.45) is 0 Å². The first kappa shape index (κ1) is 16.6. The van der Waals surface area contributed by atoms with E-state index in [1.54, 1.807) is 18.4 Å². The van der Waals surface area contributed by atoms with Gasteiger partial charge in [0, 0.05) is 30.4 Å². The van der Waals surface area contributed by atoms with E-state index in [1.807, 2.05) is 0 Å². The summed E-state index contributed by atoms with van der Waals surface area (Å²) in [5.74, 6) is 0. The zero-order chi connectivity index (χ0) is 14.3. The summed E-state index contributed by atoms with van der Waals surface area (Å²) in [4.78, 5) is 4.74. The van der Waals surface area contributed by atoms with Crippen LogP contribution < -0.4 is 5.32 Å². The largest absolute Gasteiger partial charge is 0.383 e. The fourth-order valence-corrected chi connectivity index (χ4v) is 2.90. The molecular formula is C15H28N2OS. The van der Waals surface area contributed by atoms with Gasteiger partial charge in [-0.2, -0.15) is 0 Å². The van der Waals surface area contributed by atoms with Crippen LogP contribution in [-0.2, 0) is 16.6 Å². The van der Waals surface area contributed by atoms with Gasteiger partial charge in [0.1, 0.15) is 0 Å². The highest BCUT2D eigenvalue weighted by molar-refractivity contribution is 7.09. The van der Waals surface area contributed by atoms with Gasteiger partial charge >= 0.3 is 0 Å². The summed E-state index contributed by atoms with van der Waals surface area (Å²) in [7, 11) is 1.77. The number of aryl methyl sites for hydroxylation is 1. The molecule has 1 N–H and O–H groups in total. The molecule has 1 aromatic heterocycles. The second kappa shape index (κ2) is 7.98. The first-order valence-corrected chi connectivity index (χ1v) is 8.02. The summed E-state index contributed by atoms with van der Waals surface area (Å²) in [6.45, 7) is 10.6. The molecule has 0 radical (unpaired) electrons. The maximum atomic E-state index is 5.27. The first-order chi connectivity index (χ1) is 8.97. The molecule has 0 saturated carbocycles. The highest BCUT2D eigenvalue weighted by atomic mass is 32.1. The topological polar surface area (TPSA) is 34.2 Å². The lowest BCUT2D eigenvalue weighted by molar-refractivity contribution is 0.162. The third kappa shape index (κ3) is 6.02. The molecule has 1 aromatic rings. The van der Waals surface area contributed by atoms with E-state index in [2.05, 4.69) is 38.4 Å². The van der Waals surface area contributed by atoms with Crippen LogP contribution in [0.4, 0.5) is 0 Å². The molecule has 110 valence electrons. The lowest BCUT2D eigenvalue weighted by Crippen LogP contribution is -2.34. The van der Waals surface area contributed by atoms with Crippen LogP contribution in [-0.4, -0.2) is 31.3 Å². The fourth-order valence-electron chi connectivity index (χ4n) is 1.86. The van der Waals surface area contributed by atoms with E-state index in [-0.39, 0.29) is 5.41 Å². The summed E-state index contributed by atoms with van der Waals surface area (Å²) in [5.41, 5.74) is 1.36. The minimum atomic E-state index is 0.154. The Morgan fingerprint density at radius 2 is 2.16 bits per heavy atom. The highest BCUT2D eigenvalue weighted by Gasteiger charge is 2.17. The Morgan fingerprint density at radius 1 is 1.42 bits per heavy atom. The van der Waals surface area contributed by atoms with Gasteiger partial charge in [-0.25, -0.2) is 4.98 Å². The zero-order valence-corrected chi connectivity index (χ0v) is 13.8. The maximum absolute atomic E-state index is 5.27. The summed E-state index contributed by atoms with van der Waals surface area (Å²) in [6.07, 6.45) is 3.28. The molecular weight excluding hydrogens is 256 g/mol. The van der Waals surface area contributed by atoms with E-state index in [1.165, 1.54) is 10.7 Å². The zero-order valence-electron chi connectivity index (χ0n) is 13.0. The first-order valence-electron chi connectivity index (χ1n) is 7.14. The third-order valence-corrected chi connectivity index (χ3v) is 3.99. The van der Waals surface area contributed by atoms with Gasteiger partial charge in [-0.1, -0.05) is 27.7 Å². The molecule has 1 heterocycles. The normalized spacial score (nSPS) is 13.7. The van der Waals surface area contributed by atoms with E-state index in [4.69, 9.17) is 9.72 Å². The molecule has 0 aliphatic heterocycles. The lowest BCUT2D eigenvalue weighted by Gasteiger charge is -2.17. The number of thiazole rings is 1. The molecule has 0 spiro atoms. The average molecular weight is 284 g/mol. The molecule has 0 bridgehead atoms. The SMILES string of the molecule is CCCNC(CCc1nc(C(C)(C)C)cs1)COC. The summed E-state index contributed by atoms with van der Waals surface area (Å²) >= 11 is 1.78. The van der Waals surface area contributed by atoms with E-state index >= 15 is 0 Å². The molecule has 0 saturated heterocycles. The Kier molecular flexibility index (Phi) is 6.97. The molecule has 4 heteroatoms. The predicted molar refractivity (Wildman–Crippen MR) is 83.1 cm³/mol. The number of aromatic nitrogens is 1.